The number of rotatable bonds is 11. The van der Waals surface area contributed by atoms with E-state index in [1.54, 1.807) is 18.2 Å². The second-order valence-corrected chi connectivity index (χ2v) is 9.84. The Bertz CT molecular complexity index is 1320. The van der Waals surface area contributed by atoms with E-state index in [0.29, 0.717) is 37.8 Å². The molecular formula is C32H30F4O2. The van der Waals surface area contributed by atoms with Crippen molar-refractivity contribution in [2.45, 2.75) is 63.7 Å². The summed E-state index contributed by atoms with van der Waals surface area (Å²) in [5.74, 6) is -5.50. The zero-order valence-electron chi connectivity index (χ0n) is 21.3. The van der Waals surface area contributed by atoms with Crippen LogP contribution in [0.25, 0.3) is 0 Å². The third kappa shape index (κ3) is 6.29. The summed E-state index contributed by atoms with van der Waals surface area (Å²) in [6, 6.07) is 14.4. The highest BCUT2D eigenvalue weighted by atomic mass is 19.1. The summed E-state index contributed by atoms with van der Waals surface area (Å²) < 4.78 is 56.3. The molecule has 2 unspecified atom stereocenters. The van der Waals surface area contributed by atoms with Crippen molar-refractivity contribution in [1.82, 2.24) is 0 Å². The van der Waals surface area contributed by atoms with Crippen molar-refractivity contribution in [3.05, 3.63) is 118 Å². The Morgan fingerprint density at radius 3 is 2.21 bits per heavy atom. The van der Waals surface area contributed by atoms with Gasteiger partial charge >= 0.3 is 0 Å². The third-order valence-electron chi connectivity index (χ3n) is 7.20. The number of ketones is 2. The van der Waals surface area contributed by atoms with Crippen LogP contribution in [0.4, 0.5) is 17.6 Å². The van der Waals surface area contributed by atoms with Gasteiger partial charge < -0.3 is 0 Å². The molecule has 1 aliphatic carbocycles. The number of Topliss-reactive ketones (excluding diaryl/α,β-unsaturated/α-hetero) is 2. The Morgan fingerprint density at radius 1 is 0.842 bits per heavy atom. The van der Waals surface area contributed by atoms with Gasteiger partial charge in [-0.3, -0.25) is 9.59 Å². The summed E-state index contributed by atoms with van der Waals surface area (Å²) in [6.45, 7) is 2.08. The molecule has 0 radical (unpaired) electrons. The van der Waals surface area contributed by atoms with E-state index in [4.69, 9.17) is 0 Å². The third-order valence-corrected chi connectivity index (χ3v) is 7.20. The van der Waals surface area contributed by atoms with Gasteiger partial charge in [0, 0.05) is 42.4 Å². The van der Waals surface area contributed by atoms with Gasteiger partial charge in [0.15, 0.2) is 5.78 Å². The number of unbranched alkanes of at least 4 members (excludes halogenated alkanes) is 2. The van der Waals surface area contributed by atoms with Gasteiger partial charge in [0.1, 0.15) is 29.1 Å². The molecule has 198 valence electrons. The van der Waals surface area contributed by atoms with E-state index in [0.717, 1.165) is 36.0 Å². The van der Waals surface area contributed by atoms with Gasteiger partial charge in [0.05, 0.1) is 5.56 Å². The number of carbonyl (C=O) groups is 2. The molecule has 0 saturated carbocycles. The summed E-state index contributed by atoms with van der Waals surface area (Å²) in [7, 11) is 0. The van der Waals surface area contributed by atoms with E-state index < -0.39 is 40.5 Å². The SMILES string of the molecule is CCCCCC(=O)CCc1ccccc1C1CC(c2ccc(F)cc2)C=C1C(=O)c1c(F)cc(F)cc1F. The molecule has 3 aromatic carbocycles. The lowest BCUT2D eigenvalue weighted by molar-refractivity contribution is -0.119. The van der Waals surface area contributed by atoms with Crippen LogP contribution < -0.4 is 0 Å². The maximum absolute atomic E-state index is 14.6. The van der Waals surface area contributed by atoms with E-state index >= 15 is 0 Å². The molecule has 2 atom stereocenters. The fourth-order valence-electron chi connectivity index (χ4n) is 5.23. The summed E-state index contributed by atoms with van der Waals surface area (Å²) in [5.41, 5.74) is 1.86. The number of hydrogen-bond acceptors (Lipinski definition) is 2. The first kappa shape index (κ1) is 27.5. The molecule has 0 amide bonds. The Kier molecular flexibility index (Phi) is 8.93. The fourth-order valence-corrected chi connectivity index (χ4v) is 5.23. The smallest absolute Gasteiger partial charge is 0.195 e. The van der Waals surface area contributed by atoms with Crippen LogP contribution in [0, 0.1) is 23.3 Å². The lowest BCUT2D eigenvalue weighted by Crippen LogP contribution is -2.15. The quantitative estimate of drug-likeness (QED) is 0.144. The van der Waals surface area contributed by atoms with Crippen molar-refractivity contribution < 1.29 is 27.2 Å². The maximum atomic E-state index is 14.6. The van der Waals surface area contributed by atoms with Gasteiger partial charge in [0.2, 0.25) is 0 Å². The minimum atomic E-state index is -1.26. The Morgan fingerprint density at radius 2 is 1.53 bits per heavy atom. The summed E-state index contributed by atoms with van der Waals surface area (Å²) in [6.07, 6.45) is 6.37. The second kappa shape index (κ2) is 12.3. The molecular weight excluding hydrogens is 492 g/mol. The lowest BCUT2D eigenvalue weighted by Gasteiger charge is -2.20. The van der Waals surface area contributed by atoms with Crippen molar-refractivity contribution in [3.8, 4) is 0 Å². The molecule has 0 aliphatic heterocycles. The number of carbonyl (C=O) groups excluding carboxylic acids is 2. The van der Waals surface area contributed by atoms with Gasteiger partial charge in [-0.1, -0.05) is 62.2 Å². The number of allylic oxidation sites excluding steroid dienone is 2. The number of halogens is 4. The molecule has 2 nitrogen and oxygen atoms in total. The molecule has 38 heavy (non-hydrogen) atoms. The van der Waals surface area contributed by atoms with Crippen molar-refractivity contribution in [3.63, 3.8) is 0 Å². The van der Waals surface area contributed by atoms with Gasteiger partial charge in [-0.2, -0.15) is 0 Å². The van der Waals surface area contributed by atoms with Crippen LogP contribution in [0.1, 0.15) is 84.3 Å². The largest absolute Gasteiger partial charge is 0.300 e. The Hall–Kier alpha value is -3.54. The van der Waals surface area contributed by atoms with E-state index in [-0.39, 0.29) is 17.3 Å². The van der Waals surface area contributed by atoms with Gasteiger partial charge in [0.25, 0.3) is 0 Å². The molecule has 0 bridgehead atoms. The minimum absolute atomic E-state index is 0.172. The second-order valence-electron chi connectivity index (χ2n) is 9.84. The van der Waals surface area contributed by atoms with Gasteiger partial charge in [-0.25, -0.2) is 17.6 Å². The molecule has 1 aliphatic rings. The van der Waals surface area contributed by atoms with E-state index in [9.17, 15) is 27.2 Å². The Labute approximate surface area is 220 Å². The summed E-state index contributed by atoms with van der Waals surface area (Å²) >= 11 is 0. The highest BCUT2D eigenvalue weighted by molar-refractivity contribution is 6.10. The first-order valence-electron chi connectivity index (χ1n) is 13.0. The first-order chi connectivity index (χ1) is 18.3. The average Bonchev–Trinajstić information content (AvgIpc) is 3.33. The van der Waals surface area contributed by atoms with Crippen LogP contribution in [0.2, 0.25) is 0 Å². The molecule has 0 aromatic heterocycles. The van der Waals surface area contributed by atoms with Gasteiger partial charge in [-0.05, 0) is 48.1 Å². The molecule has 0 heterocycles. The molecule has 0 saturated heterocycles. The molecule has 0 fully saturated rings. The minimum Gasteiger partial charge on any atom is -0.300 e. The number of benzene rings is 3. The highest BCUT2D eigenvalue weighted by Gasteiger charge is 2.36. The van der Waals surface area contributed by atoms with Crippen LogP contribution >= 0.6 is 0 Å². The van der Waals surface area contributed by atoms with E-state index in [2.05, 4.69) is 6.92 Å². The van der Waals surface area contributed by atoms with Crippen molar-refractivity contribution in [2.24, 2.45) is 0 Å². The first-order valence-corrected chi connectivity index (χ1v) is 13.0. The van der Waals surface area contributed by atoms with Crippen LogP contribution in [0.15, 0.2) is 72.3 Å². The molecule has 0 N–H and O–H groups in total. The normalized spacial score (nSPS) is 16.9. The van der Waals surface area contributed by atoms with Crippen molar-refractivity contribution >= 4 is 11.6 Å². The zero-order chi connectivity index (χ0) is 27.2. The lowest BCUT2D eigenvalue weighted by atomic mass is 9.83. The highest BCUT2D eigenvalue weighted by Crippen LogP contribution is 2.45. The predicted octanol–water partition coefficient (Wildman–Crippen LogP) is 8.41. The monoisotopic (exact) mass is 522 g/mol. The van der Waals surface area contributed by atoms with Crippen LogP contribution in [0.3, 0.4) is 0 Å². The van der Waals surface area contributed by atoms with E-state index in [1.165, 1.54) is 12.1 Å². The van der Waals surface area contributed by atoms with Crippen molar-refractivity contribution in [2.75, 3.05) is 0 Å². The molecule has 4 rings (SSSR count). The predicted molar refractivity (Wildman–Crippen MR) is 139 cm³/mol. The van der Waals surface area contributed by atoms with Gasteiger partial charge in [-0.15, -0.1) is 0 Å². The average molecular weight is 523 g/mol. The number of hydrogen-bond donors (Lipinski definition) is 0. The fraction of sp³-hybridized carbons (Fsp3) is 0.312. The summed E-state index contributed by atoms with van der Waals surface area (Å²) in [4.78, 5) is 26.0. The van der Waals surface area contributed by atoms with Crippen LogP contribution in [-0.4, -0.2) is 11.6 Å². The zero-order valence-corrected chi connectivity index (χ0v) is 21.3. The van der Waals surface area contributed by atoms with Crippen molar-refractivity contribution in [1.29, 1.82) is 0 Å². The molecule has 3 aromatic rings. The molecule has 0 spiro atoms. The van der Waals surface area contributed by atoms with Crippen LogP contribution in [0.5, 0.6) is 0 Å². The summed E-state index contributed by atoms with van der Waals surface area (Å²) in [5, 5.41) is 0. The topological polar surface area (TPSA) is 34.1 Å². The standard InChI is InChI=1S/C32H30F4O2/c1-2-3-4-8-25(37)15-12-21-7-5-6-9-26(21)27-16-22(20-10-13-23(33)14-11-20)17-28(27)32(38)31-29(35)18-24(34)19-30(31)36/h5-7,9-11,13-14,17-19,22,27H,2-4,8,12,15-16H2,1H3. The Balaban J connectivity index is 1.69. The maximum Gasteiger partial charge on any atom is 0.195 e. The molecule has 6 heteroatoms. The van der Waals surface area contributed by atoms with Crippen LogP contribution in [-0.2, 0) is 11.2 Å². The van der Waals surface area contributed by atoms with E-state index in [1.807, 2.05) is 24.3 Å². The number of aryl methyl sites for hydroxylation is 1.